The first kappa shape index (κ1) is 19.2. The quantitative estimate of drug-likeness (QED) is 0.352. The van der Waals surface area contributed by atoms with Gasteiger partial charge in [0, 0.05) is 29.2 Å². The normalized spacial score (nSPS) is 26.6. The van der Waals surface area contributed by atoms with Crippen molar-refractivity contribution in [2.45, 2.75) is 26.3 Å². The predicted octanol–water partition coefficient (Wildman–Crippen LogP) is 4.53. The topological polar surface area (TPSA) is 54.7 Å². The zero-order valence-electron chi connectivity index (χ0n) is 18.0. The number of para-hydroxylation sites is 1. The van der Waals surface area contributed by atoms with Crippen LogP contribution in [0.3, 0.4) is 0 Å². The summed E-state index contributed by atoms with van der Waals surface area (Å²) in [5.41, 5.74) is 4.47. The van der Waals surface area contributed by atoms with Crippen LogP contribution in [0.4, 0.5) is 0 Å². The van der Waals surface area contributed by atoms with Gasteiger partial charge in [0.2, 0.25) is 0 Å². The van der Waals surface area contributed by atoms with Gasteiger partial charge in [0.25, 0.3) is 11.8 Å². The molecule has 0 radical (unpaired) electrons. The second-order valence-electron chi connectivity index (χ2n) is 9.29. The molecule has 2 bridgehead atoms. The van der Waals surface area contributed by atoms with E-state index in [0.717, 1.165) is 40.9 Å². The minimum Gasteiger partial charge on any atom is -0.342 e. The van der Waals surface area contributed by atoms with E-state index in [1.165, 1.54) is 11.1 Å². The number of hydrogen-bond acceptors (Lipinski definition) is 3. The van der Waals surface area contributed by atoms with Gasteiger partial charge >= 0.3 is 0 Å². The molecule has 1 saturated heterocycles. The number of carbonyl (C=O) groups is 2. The molecule has 4 atom stereocenters. The molecule has 5 heteroatoms. The number of allylic oxidation sites excluding steroid dienone is 2. The van der Waals surface area contributed by atoms with Crippen molar-refractivity contribution < 1.29 is 9.59 Å². The maximum atomic E-state index is 13.1. The van der Waals surface area contributed by atoms with Gasteiger partial charge < -0.3 is 4.57 Å². The van der Waals surface area contributed by atoms with Gasteiger partial charge in [-0.2, -0.15) is 10.1 Å². The number of nitrogens with zero attached hydrogens (tertiary/aromatic N) is 3. The fourth-order valence-corrected chi connectivity index (χ4v) is 5.69. The van der Waals surface area contributed by atoms with Gasteiger partial charge in [0.05, 0.1) is 18.1 Å². The van der Waals surface area contributed by atoms with Crippen molar-refractivity contribution in [3.05, 3.63) is 83.6 Å². The summed E-state index contributed by atoms with van der Waals surface area (Å²) in [7, 11) is 0. The van der Waals surface area contributed by atoms with Crippen molar-refractivity contribution in [2.75, 3.05) is 0 Å². The number of carbonyl (C=O) groups excluding carboxylic acids is 2. The van der Waals surface area contributed by atoms with Crippen molar-refractivity contribution in [2.24, 2.45) is 28.8 Å². The number of hydrazone groups is 1. The van der Waals surface area contributed by atoms with Crippen LogP contribution in [0.5, 0.6) is 0 Å². The van der Waals surface area contributed by atoms with E-state index < -0.39 is 0 Å². The molecule has 1 aromatic heterocycles. The van der Waals surface area contributed by atoms with Crippen LogP contribution < -0.4 is 0 Å². The van der Waals surface area contributed by atoms with Crippen molar-refractivity contribution in [1.29, 1.82) is 0 Å². The summed E-state index contributed by atoms with van der Waals surface area (Å²) in [4.78, 5) is 26.1. The maximum absolute atomic E-state index is 13.1. The highest BCUT2D eigenvalue weighted by Crippen LogP contribution is 2.49. The second-order valence-corrected chi connectivity index (χ2v) is 9.29. The molecule has 5 nitrogen and oxygen atoms in total. The Bertz CT molecular complexity index is 1250. The van der Waals surface area contributed by atoms with E-state index >= 15 is 0 Å². The standard InChI is InChI=1S/C27H25N3O2/c1-17-6-8-18(9-7-17)15-29-16-21(22-4-2-3-5-23(22)29)14-28-30-26(31)24-19-10-11-20(13-12-19)25(24)27(30)32/h2-11,14,16,19-20,24-25H,12-13,15H2,1H3/b28-14-/t19-,20-,24-,25+/m0/s1. The lowest BCUT2D eigenvalue weighted by Crippen LogP contribution is -2.38. The Kier molecular flexibility index (Phi) is 4.39. The first-order valence-electron chi connectivity index (χ1n) is 11.3. The number of aromatic nitrogens is 1. The minimum atomic E-state index is -0.230. The molecule has 3 aromatic rings. The predicted molar refractivity (Wildman–Crippen MR) is 124 cm³/mol. The summed E-state index contributed by atoms with van der Waals surface area (Å²) < 4.78 is 2.19. The van der Waals surface area contributed by atoms with Crippen molar-refractivity contribution in [1.82, 2.24) is 9.58 Å². The highest BCUT2D eigenvalue weighted by molar-refractivity contribution is 6.07. The number of imide groups is 1. The van der Waals surface area contributed by atoms with E-state index in [0.29, 0.717) is 0 Å². The number of hydrogen-bond donors (Lipinski definition) is 0. The molecule has 1 saturated carbocycles. The van der Waals surface area contributed by atoms with E-state index in [1.807, 2.05) is 12.1 Å². The highest BCUT2D eigenvalue weighted by atomic mass is 16.2. The number of fused-ring (bicyclic) bond motifs is 2. The van der Waals surface area contributed by atoms with E-state index in [1.54, 1.807) is 6.21 Å². The molecular weight excluding hydrogens is 398 g/mol. The monoisotopic (exact) mass is 423 g/mol. The van der Waals surface area contributed by atoms with Crippen molar-refractivity contribution >= 4 is 28.9 Å². The van der Waals surface area contributed by atoms with E-state index in [-0.39, 0.29) is 35.5 Å². The summed E-state index contributed by atoms with van der Waals surface area (Å²) in [5.74, 6) is -0.383. The Morgan fingerprint density at radius 3 is 2.25 bits per heavy atom. The van der Waals surface area contributed by atoms with Crippen molar-refractivity contribution in [3.63, 3.8) is 0 Å². The molecule has 0 N–H and O–H groups in total. The maximum Gasteiger partial charge on any atom is 0.254 e. The van der Waals surface area contributed by atoms with Gasteiger partial charge in [0.15, 0.2) is 0 Å². The molecule has 7 rings (SSSR count). The van der Waals surface area contributed by atoms with Crippen LogP contribution in [-0.2, 0) is 16.1 Å². The smallest absolute Gasteiger partial charge is 0.254 e. The third-order valence-electron chi connectivity index (χ3n) is 7.34. The lowest BCUT2D eigenvalue weighted by atomic mass is 9.63. The van der Waals surface area contributed by atoms with Crippen LogP contribution >= 0.6 is 0 Å². The Balaban J connectivity index is 1.32. The molecule has 2 amide bonds. The average Bonchev–Trinajstić information content (AvgIpc) is 3.31. The molecule has 2 aromatic carbocycles. The Morgan fingerprint density at radius 1 is 0.938 bits per heavy atom. The first-order chi connectivity index (χ1) is 15.6. The molecule has 0 unspecified atom stereocenters. The molecule has 1 aliphatic heterocycles. The largest absolute Gasteiger partial charge is 0.342 e. The van der Waals surface area contributed by atoms with E-state index in [9.17, 15) is 9.59 Å². The Hall–Kier alpha value is -3.47. The third kappa shape index (κ3) is 2.95. The van der Waals surface area contributed by atoms with Gasteiger partial charge in [-0.15, -0.1) is 0 Å². The second kappa shape index (κ2) is 7.30. The van der Waals surface area contributed by atoms with Gasteiger partial charge in [-0.05, 0) is 43.2 Å². The SMILES string of the molecule is Cc1ccc(Cn2cc(/C=N\N3C(=O)[C@@H]4[C@H](C3=O)[C@H]3C=C[C@H]4CC3)c3ccccc32)cc1. The van der Waals surface area contributed by atoms with Crippen LogP contribution in [0.2, 0.25) is 0 Å². The first-order valence-corrected chi connectivity index (χ1v) is 11.3. The van der Waals surface area contributed by atoms with E-state index in [4.69, 9.17) is 0 Å². The van der Waals surface area contributed by atoms with Crippen LogP contribution in [0.1, 0.15) is 29.5 Å². The molecular formula is C27H25N3O2. The van der Waals surface area contributed by atoms with Gasteiger partial charge in [-0.3, -0.25) is 9.59 Å². The Labute approximate surface area is 187 Å². The zero-order chi connectivity index (χ0) is 21.8. The minimum absolute atomic E-state index is 0.140. The molecule has 0 spiro atoms. The van der Waals surface area contributed by atoms with E-state index in [2.05, 4.69) is 71.3 Å². The highest BCUT2D eigenvalue weighted by Gasteiger charge is 2.56. The van der Waals surface area contributed by atoms with Crippen LogP contribution in [0, 0.1) is 30.6 Å². The number of benzene rings is 2. The number of aryl methyl sites for hydroxylation is 1. The fourth-order valence-electron chi connectivity index (χ4n) is 5.69. The lowest BCUT2D eigenvalue weighted by Gasteiger charge is -2.37. The third-order valence-corrected chi connectivity index (χ3v) is 7.34. The number of rotatable bonds is 4. The summed E-state index contributed by atoms with van der Waals surface area (Å²) in [6.45, 7) is 2.83. The summed E-state index contributed by atoms with van der Waals surface area (Å²) in [6.07, 6.45) is 9.98. The molecule has 160 valence electrons. The van der Waals surface area contributed by atoms with Crippen LogP contribution in [-0.4, -0.2) is 27.6 Å². The molecule has 2 fully saturated rings. The zero-order valence-corrected chi connectivity index (χ0v) is 18.0. The van der Waals surface area contributed by atoms with Gasteiger partial charge in [-0.1, -0.05) is 60.2 Å². The van der Waals surface area contributed by atoms with Gasteiger partial charge in [0.1, 0.15) is 0 Å². The summed E-state index contributed by atoms with van der Waals surface area (Å²) >= 11 is 0. The molecule has 4 aliphatic rings. The number of amides is 2. The average molecular weight is 424 g/mol. The van der Waals surface area contributed by atoms with Crippen molar-refractivity contribution in [3.8, 4) is 0 Å². The lowest BCUT2D eigenvalue weighted by molar-refractivity contribution is -0.140. The summed E-state index contributed by atoms with van der Waals surface area (Å²) in [5, 5.41) is 6.62. The Morgan fingerprint density at radius 2 is 1.59 bits per heavy atom. The molecule has 3 aliphatic carbocycles. The molecule has 2 heterocycles. The summed E-state index contributed by atoms with van der Waals surface area (Å²) in [6, 6.07) is 16.7. The van der Waals surface area contributed by atoms with Crippen LogP contribution in [0.15, 0.2) is 72.0 Å². The van der Waals surface area contributed by atoms with Gasteiger partial charge in [-0.25, -0.2) is 0 Å². The fraction of sp³-hybridized carbons (Fsp3) is 0.296. The molecule has 32 heavy (non-hydrogen) atoms. The van der Waals surface area contributed by atoms with Crippen LogP contribution in [0.25, 0.3) is 10.9 Å².